The van der Waals surface area contributed by atoms with Crippen LogP contribution in [0.4, 0.5) is 5.69 Å². The Kier molecular flexibility index (Phi) is 6.09. The Hall–Kier alpha value is -2.21. The molecule has 6 heteroatoms. The second kappa shape index (κ2) is 8.06. The fourth-order valence-corrected chi connectivity index (χ4v) is 2.65. The van der Waals surface area contributed by atoms with Crippen molar-refractivity contribution in [2.24, 2.45) is 0 Å². The second-order valence-corrected chi connectivity index (χ2v) is 6.66. The summed E-state index contributed by atoms with van der Waals surface area (Å²) in [4.78, 5) is 29.9. The molecule has 126 valence electrons. The SMILES string of the molecule is Cc1ccc(CC(=O)N(C)CC(=O)Nc2ccc(Br)cc2C)cn1. The van der Waals surface area contributed by atoms with E-state index in [1.165, 1.54) is 4.90 Å². The van der Waals surface area contributed by atoms with Gasteiger partial charge in [0.05, 0.1) is 13.0 Å². The summed E-state index contributed by atoms with van der Waals surface area (Å²) < 4.78 is 0.956. The molecule has 2 aromatic rings. The molecule has 1 aromatic heterocycles. The van der Waals surface area contributed by atoms with E-state index in [1.54, 1.807) is 13.2 Å². The van der Waals surface area contributed by atoms with Gasteiger partial charge in [-0.2, -0.15) is 0 Å². The lowest BCUT2D eigenvalue weighted by Crippen LogP contribution is -2.35. The first-order valence-electron chi connectivity index (χ1n) is 7.56. The number of hydrogen-bond donors (Lipinski definition) is 1. The summed E-state index contributed by atoms with van der Waals surface area (Å²) in [6, 6.07) is 9.36. The second-order valence-electron chi connectivity index (χ2n) is 5.74. The van der Waals surface area contributed by atoms with Gasteiger partial charge in [-0.25, -0.2) is 0 Å². The number of nitrogens with one attached hydrogen (secondary N) is 1. The zero-order chi connectivity index (χ0) is 17.7. The van der Waals surface area contributed by atoms with E-state index >= 15 is 0 Å². The lowest BCUT2D eigenvalue weighted by Gasteiger charge is -2.17. The van der Waals surface area contributed by atoms with Crippen LogP contribution in [0, 0.1) is 13.8 Å². The number of carbonyl (C=O) groups is 2. The molecule has 0 bridgehead atoms. The minimum absolute atomic E-state index is 0.00757. The fraction of sp³-hybridized carbons (Fsp3) is 0.278. The Labute approximate surface area is 150 Å². The number of amides is 2. The number of pyridine rings is 1. The number of carbonyl (C=O) groups excluding carboxylic acids is 2. The van der Waals surface area contributed by atoms with Gasteiger partial charge in [-0.05, 0) is 49.2 Å². The van der Waals surface area contributed by atoms with Crippen molar-refractivity contribution < 1.29 is 9.59 Å². The molecule has 0 aliphatic heterocycles. The minimum Gasteiger partial charge on any atom is -0.336 e. The van der Waals surface area contributed by atoms with Gasteiger partial charge in [0, 0.05) is 29.1 Å². The Balaban J connectivity index is 1.90. The van der Waals surface area contributed by atoms with E-state index < -0.39 is 0 Å². The van der Waals surface area contributed by atoms with Gasteiger partial charge in [0.1, 0.15) is 0 Å². The van der Waals surface area contributed by atoms with E-state index in [9.17, 15) is 9.59 Å². The molecular formula is C18H20BrN3O2. The smallest absolute Gasteiger partial charge is 0.243 e. The molecule has 0 radical (unpaired) electrons. The largest absolute Gasteiger partial charge is 0.336 e. The number of rotatable bonds is 5. The highest BCUT2D eigenvalue weighted by Gasteiger charge is 2.14. The molecule has 0 fully saturated rings. The standard InChI is InChI=1S/C18H20BrN3O2/c1-12-8-15(19)6-7-16(12)21-17(23)11-22(3)18(24)9-14-5-4-13(2)20-10-14/h4-8,10H,9,11H2,1-3H3,(H,21,23). The summed E-state index contributed by atoms with van der Waals surface area (Å²) >= 11 is 3.39. The molecule has 0 saturated heterocycles. The Morgan fingerprint density at radius 1 is 1.21 bits per heavy atom. The lowest BCUT2D eigenvalue weighted by molar-refractivity contribution is -0.132. The van der Waals surface area contributed by atoms with Crippen LogP contribution in [-0.4, -0.2) is 35.3 Å². The third kappa shape index (κ3) is 5.16. The van der Waals surface area contributed by atoms with Crippen LogP contribution in [0.5, 0.6) is 0 Å². The number of aryl methyl sites for hydroxylation is 2. The van der Waals surface area contributed by atoms with Crippen LogP contribution in [-0.2, 0) is 16.0 Å². The average molecular weight is 390 g/mol. The highest BCUT2D eigenvalue weighted by molar-refractivity contribution is 9.10. The summed E-state index contributed by atoms with van der Waals surface area (Å²) in [7, 11) is 1.62. The molecule has 2 amide bonds. The van der Waals surface area contributed by atoms with Crippen molar-refractivity contribution >= 4 is 33.4 Å². The summed E-state index contributed by atoms with van der Waals surface area (Å²) in [6.07, 6.45) is 1.92. The number of aromatic nitrogens is 1. The predicted octanol–water partition coefficient (Wildman–Crippen LogP) is 3.10. The van der Waals surface area contributed by atoms with E-state index in [-0.39, 0.29) is 24.8 Å². The number of halogens is 1. The van der Waals surface area contributed by atoms with Crippen molar-refractivity contribution in [1.82, 2.24) is 9.88 Å². The van der Waals surface area contributed by atoms with Gasteiger partial charge in [0.25, 0.3) is 0 Å². The molecule has 0 saturated carbocycles. The van der Waals surface area contributed by atoms with Gasteiger partial charge in [0.2, 0.25) is 11.8 Å². The summed E-state index contributed by atoms with van der Waals surface area (Å²) in [5.74, 6) is -0.346. The quantitative estimate of drug-likeness (QED) is 0.854. The van der Waals surface area contributed by atoms with Crippen LogP contribution in [0.3, 0.4) is 0 Å². The maximum Gasteiger partial charge on any atom is 0.243 e. The molecule has 5 nitrogen and oxygen atoms in total. The topological polar surface area (TPSA) is 62.3 Å². The van der Waals surface area contributed by atoms with Crippen LogP contribution in [0.1, 0.15) is 16.8 Å². The van der Waals surface area contributed by atoms with Gasteiger partial charge in [-0.1, -0.05) is 22.0 Å². The molecule has 0 unspecified atom stereocenters. The molecule has 0 aliphatic rings. The maximum atomic E-state index is 12.2. The molecule has 1 heterocycles. The van der Waals surface area contributed by atoms with E-state index in [0.29, 0.717) is 0 Å². The van der Waals surface area contributed by atoms with Crippen LogP contribution < -0.4 is 5.32 Å². The van der Waals surface area contributed by atoms with Gasteiger partial charge in [-0.15, -0.1) is 0 Å². The van der Waals surface area contributed by atoms with E-state index in [4.69, 9.17) is 0 Å². The first kappa shape index (κ1) is 18.1. The predicted molar refractivity (Wildman–Crippen MR) is 97.8 cm³/mol. The van der Waals surface area contributed by atoms with Gasteiger partial charge in [-0.3, -0.25) is 14.6 Å². The molecule has 0 spiro atoms. The molecular weight excluding hydrogens is 370 g/mol. The highest BCUT2D eigenvalue weighted by Crippen LogP contribution is 2.19. The first-order chi connectivity index (χ1) is 11.3. The van der Waals surface area contributed by atoms with Crippen molar-refractivity contribution in [3.8, 4) is 0 Å². The normalized spacial score (nSPS) is 10.3. The number of benzene rings is 1. The average Bonchev–Trinajstić information content (AvgIpc) is 2.52. The maximum absolute atomic E-state index is 12.2. The van der Waals surface area contributed by atoms with Crippen molar-refractivity contribution in [2.75, 3.05) is 18.9 Å². The van der Waals surface area contributed by atoms with Crippen LogP contribution in [0.15, 0.2) is 41.0 Å². The summed E-state index contributed by atoms with van der Waals surface area (Å²) in [5, 5.41) is 2.83. The van der Waals surface area contributed by atoms with E-state index in [0.717, 1.165) is 27.0 Å². The van der Waals surface area contributed by atoms with Gasteiger partial charge >= 0.3 is 0 Å². The van der Waals surface area contributed by atoms with E-state index in [1.807, 2.05) is 44.2 Å². The van der Waals surface area contributed by atoms with E-state index in [2.05, 4.69) is 26.2 Å². The highest BCUT2D eigenvalue weighted by atomic mass is 79.9. The van der Waals surface area contributed by atoms with Gasteiger partial charge < -0.3 is 10.2 Å². The Bertz CT molecular complexity index is 744. The van der Waals surface area contributed by atoms with Crippen molar-refractivity contribution in [2.45, 2.75) is 20.3 Å². The molecule has 1 aromatic carbocycles. The van der Waals surface area contributed by atoms with Crippen molar-refractivity contribution in [3.63, 3.8) is 0 Å². The van der Waals surface area contributed by atoms with Crippen LogP contribution >= 0.6 is 15.9 Å². The minimum atomic E-state index is -0.224. The number of anilines is 1. The van der Waals surface area contributed by atoms with Crippen molar-refractivity contribution in [3.05, 3.63) is 57.8 Å². The van der Waals surface area contributed by atoms with Crippen LogP contribution in [0.2, 0.25) is 0 Å². The molecule has 0 atom stereocenters. The zero-order valence-corrected chi connectivity index (χ0v) is 15.6. The Morgan fingerprint density at radius 3 is 2.58 bits per heavy atom. The number of nitrogens with zero attached hydrogens (tertiary/aromatic N) is 2. The molecule has 24 heavy (non-hydrogen) atoms. The van der Waals surface area contributed by atoms with Crippen molar-refractivity contribution in [1.29, 1.82) is 0 Å². The number of likely N-dealkylation sites (N-methyl/N-ethyl adjacent to an activating group) is 1. The summed E-state index contributed by atoms with van der Waals surface area (Å²) in [6.45, 7) is 3.82. The summed E-state index contributed by atoms with van der Waals surface area (Å²) in [5.41, 5.74) is 3.44. The monoisotopic (exact) mass is 389 g/mol. The molecule has 1 N–H and O–H groups in total. The third-order valence-electron chi connectivity index (χ3n) is 3.60. The Morgan fingerprint density at radius 2 is 1.96 bits per heavy atom. The lowest BCUT2D eigenvalue weighted by atomic mass is 10.2. The van der Waals surface area contributed by atoms with Crippen LogP contribution in [0.25, 0.3) is 0 Å². The zero-order valence-electron chi connectivity index (χ0n) is 14.0. The van der Waals surface area contributed by atoms with Gasteiger partial charge in [0.15, 0.2) is 0 Å². The molecule has 0 aliphatic carbocycles. The first-order valence-corrected chi connectivity index (χ1v) is 8.36. The number of hydrogen-bond acceptors (Lipinski definition) is 3. The fourth-order valence-electron chi connectivity index (χ4n) is 2.17. The molecule has 2 rings (SSSR count). The third-order valence-corrected chi connectivity index (χ3v) is 4.09.